The van der Waals surface area contributed by atoms with Crippen molar-refractivity contribution in [3.63, 3.8) is 0 Å². The average molecular weight is 275 g/mol. The quantitative estimate of drug-likeness (QED) is 0.450. The van der Waals surface area contributed by atoms with Gasteiger partial charge in [0.05, 0.1) is 12.7 Å². The molecule has 0 radical (unpaired) electrons. The molecule has 0 aliphatic rings. The Morgan fingerprint density at radius 3 is 2.47 bits per heavy atom. The van der Waals surface area contributed by atoms with Gasteiger partial charge in [-0.05, 0) is 18.8 Å². The summed E-state index contributed by atoms with van der Waals surface area (Å²) in [5.74, 6) is 0.453. The van der Waals surface area contributed by atoms with Crippen LogP contribution >= 0.6 is 0 Å². The van der Waals surface area contributed by atoms with E-state index in [1.165, 1.54) is 19.3 Å². The molecule has 19 heavy (non-hydrogen) atoms. The molecule has 0 aromatic carbocycles. The molecule has 0 aromatic rings. The molecule has 0 aromatic heterocycles. The zero-order valence-corrected chi connectivity index (χ0v) is 12.9. The molecule has 3 N–H and O–H groups in total. The molecule has 0 spiro atoms. The average Bonchev–Trinajstić information content (AvgIpc) is 2.38. The molecule has 0 saturated heterocycles. The van der Waals surface area contributed by atoms with Crippen molar-refractivity contribution < 1.29 is 14.9 Å². The first-order chi connectivity index (χ1) is 9.11. The minimum atomic E-state index is -0.467. The molecule has 0 aliphatic heterocycles. The van der Waals surface area contributed by atoms with Gasteiger partial charge in [-0.2, -0.15) is 0 Å². The minimum Gasteiger partial charge on any atom is -0.396 e. The third-order valence-corrected chi connectivity index (χ3v) is 3.31. The molecule has 116 valence electrons. The van der Waals surface area contributed by atoms with Crippen LogP contribution in [0.2, 0.25) is 0 Å². The van der Waals surface area contributed by atoms with Crippen LogP contribution in [0, 0.1) is 5.92 Å². The van der Waals surface area contributed by atoms with Gasteiger partial charge in [-0.1, -0.05) is 40.0 Å². The summed E-state index contributed by atoms with van der Waals surface area (Å²) in [7, 11) is 0. The van der Waals surface area contributed by atoms with E-state index in [1.54, 1.807) is 0 Å². The first-order valence-electron chi connectivity index (χ1n) is 7.71. The Kier molecular flexibility index (Phi) is 12.7. The lowest BCUT2D eigenvalue weighted by atomic mass is 10.0. The van der Waals surface area contributed by atoms with Gasteiger partial charge in [0.1, 0.15) is 0 Å². The molecular formula is C15H33NO3. The SMILES string of the molecule is CCCCCCOCC(O)CNC(CCO)C(C)C. The second-order valence-corrected chi connectivity index (χ2v) is 5.56. The van der Waals surface area contributed by atoms with Crippen molar-refractivity contribution >= 4 is 0 Å². The highest BCUT2D eigenvalue weighted by molar-refractivity contribution is 4.72. The summed E-state index contributed by atoms with van der Waals surface area (Å²) in [5.41, 5.74) is 0. The number of aliphatic hydroxyl groups is 2. The van der Waals surface area contributed by atoms with Crippen molar-refractivity contribution in [1.29, 1.82) is 0 Å². The van der Waals surface area contributed by atoms with Gasteiger partial charge in [-0.25, -0.2) is 0 Å². The number of hydrogen-bond donors (Lipinski definition) is 3. The molecule has 0 fully saturated rings. The van der Waals surface area contributed by atoms with Crippen LogP contribution < -0.4 is 5.32 Å². The first kappa shape index (κ1) is 18.8. The van der Waals surface area contributed by atoms with Crippen LogP contribution in [0.4, 0.5) is 0 Å². The Labute approximate surface area is 118 Å². The summed E-state index contributed by atoms with van der Waals surface area (Å²) >= 11 is 0. The van der Waals surface area contributed by atoms with Crippen LogP contribution in [-0.4, -0.2) is 48.7 Å². The third kappa shape index (κ3) is 11.4. The largest absolute Gasteiger partial charge is 0.396 e. The molecule has 4 heteroatoms. The molecule has 2 atom stereocenters. The highest BCUT2D eigenvalue weighted by Crippen LogP contribution is 2.05. The maximum atomic E-state index is 9.80. The lowest BCUT2D eigenvalue weighted by Crippen LogP contribution is -2.40. The predicted molar refractivity (Wildman–Crippen MR) is 79.3 cm³/mol. The van der Waals surface area contributed by atoms with Crippen LogP contribution in [0.15, 0.2) is 0 Å². The summed E-state index contributed by atoms with van der Waals surface area (Å²) in [6, 6.07) is 0.254. The maximum absolute atomic E-state index is 9.80. The highest BCUT2D eigenvalue weighted by atomic mass is 16.5. The zero-order chi connectivity index (χ0) is 14.5. The van der Waals surface area contributed by atoms with E-state index in [0.29, 0.717) is 19.1 Å². The van der Waals surface area contributed by atoms with E-state index in [0.717, 1.165) is 19.4 Å². The number of rotatable bonds is 13. The van der Waals surface area contributed by atoms with Crippen molar-refractivity contribution in [2.75, 3.05) is 26.4 Å². The van der Waals surface area contributed by atoms with Gasteiger partial charge in [0.25, 0.3) is 0 Å². The Morgan fingerprint density at radius 1 is 1.16 bits per heavy atom. The van der Waals surface area contributed by atoms with E-state index in [4.69, 9.17) is 9.84 Å². The zero-order valence-electron chi connectivity index (χ0n) is 12.9. The van der Waals surface area contributed by atoms with E-state index < -0.39 is 6.10 Å². The molecule has 4 nitrogen and oxygen atoms in total. The summed E-state index contributed by atoms with van der Waals surface area (Å²) in [5, 5.41) is 22.1. The summed E-state index contributed by atoms with van der Waals surface area (Å²) in [4.78, 5) is 0. The van der Waals surface area contributed by atoms with Crippen molar-refractivity contribution in [2.45, 2.75) is 65.0 Å². The van der Waals surface area contributed by atoms with Crippen molar-refractivity contribution in [1.82, 2.24) is 5.32 Å². The van der Waals surface area contributed by atoms with E-state index >= 15 is 0 Å². The standard InChI is InChI=1S/C15H33NO3/c1-4-5-6-7-10-19-12-14(18)11-16-15(8-9-17)13(2)3/h13-18H,4-12H2,1-3H3. The lowest BCUT2D eigenvalue weighted by Gasteiger charge is -2.23. The van der Waals surface area contributed by atoms with E-state index in [9.17, 15) is 5.11 Å². The normalized spacial score (nSPS) is 14.8. The number of aliphatic hydroxyl groups excluding tert-OH is 2. The predicted octanol–water partition coefficient (Wildman–Crippen LogP) is 1.94. The topological polar surface area (TPSA) is 61.7 Å². The number of nitrogens with one attached hydrogen (secondary N) is 1. The Balaban J connectivity index is 3.53. The Bertz CT molecular complexity index is 188. The second-order valence-electron chi connectivity index (χ2n) is 5.56. The maximum Gasteiger partial charge on any atom is 0.0897 e. The molecule has 0 bridgehead atoms. The van der Waals surface area contributed by atoms with Gasteiger partial charge in [-0.3, -0.25) is 0 Å². The van der Waals surface area contributed by atoms with Crippen LogP contribution in [0.25, 0.3) is 0 Å². The van der Waals surface area contributed by atoms with E-state index in [-0.39, 0.29) is 12.6 Å². The Morgan fingerprint density at radius 2 is 1.89 bits per heavy atom. The number of hydrogen-bond acceptors (Lipinski definition) is 4. The lowest BCUT2D eigenvalue weighted by molar-refractivity contribution is 0.0328. The van der Waals surface area contributed by atoms with Gasteiger partial charge in [0.2, 0.25) is 0 Å². The number of unbranched alkanes of at least 4 members (excludes halogenated alkanes) is 3. The second kappa shape index (κ2) is 12.9. The van der Waals surface area contributed by atoms with Gasteiger partial charge in [0.15, 0.2) is 0 Å². The molecular weight excluding hydrogens is 242 g/mol. The van der Waals surface area contributed by atoms with Crippen molar-refractivity contribution in [3.8, 4) is 0 Å². The van der Waals surface area contributed by atoms with Gasteiger partial charge in [-0.15, -0.1) is 0 Å². The molecule has 0 saturated carbocycles. The van der Waals surface area contributed by atoms with Gasteiger partial charge >= 0.3 is 0 Å². The smallest absolute Gasteiger partial charge is 0.0897 e. The minimum absolute atomic E-state index is 0.180. The van der Waals surface area contributed by atoms with Crippen molar-refractivity contribution in [2.24, 2.45) is 5.92 Å². The van der Waals surface area contributed by atoms with Gasteiger partial charge < -0.3 is 20.3 Å². The van der Waals surface area contributed by atoms with Crippen LogP contribution in [0.3, 0.4) is 0 Å². The molecule has 0 rings (SSSR count). The molecule has 0 heterocycles. The summed E-state index contributed by atoms with van der Waals surface area (Å²) in [6.45, 7) is 8.25. The molecule has 0 amide bonds. The summed E-state index contributed by atoms with van der Waals surface area (Å²) < 4.78 is 5.46. The van der Waals surface area contributed by atoms with Crippen molar-refractivity contribution in [3.05, 3.63) is 0 Å². The van der Waals surface area contributed by atoms with Crippen LogP contribution in [0.1, 0.15) is 52.9 Å². The van der Waals surface area contributed by atoms with E-state index in [1.807, 2.05) is 0 Å². The fourth-order valence-corrected chi connectivity index (χ4v) is 2.01. The molecule has 2 unspecified atom stereocenters. The molecule has 0 aliphatic carbocycles. The third-order valence-electron chi connectivity index (χ3n) is 3.31. The van der Waals surface area contributed by atoms with Crippen LogP contribution in [0.5, 0.6) is 0 Å². The monoisotopic (exact) mass is 275 g/mol. The first-order valence-corrected chi connectivity index (χ1v) is 7.71. The summed E-state index contributed by atoms with van der Waals surface area (Å²) in [6.07, 6.45) is 5.02. The Hall–Kier alpha value is -0.160. The van der Waals surface area contributed by atoms with E-state index in [2.05, 4.69) is 26.1 Å². The van der Waals surface area contributed by atoms with Crippen LogP contribution in [-0.2, 0) is 4.74 Å². The van der Waals surface area contributed by atoms with Gasteiger partial charge in [0, 0.05) is 25.8 Å². The fraction of sp³-hybridized carbons (Fsp3) is 1.00. The number of ether oxygens (including phenoxy) is 1. The highest BCUT2D eigenvalue weighted by Gasteiger charge is 2.14. The fourth-order valence-electron chi connectivity index (χ4n) is 2.01.